The fourth-order valence-corrected chi connectivity index (χ4v) is 6.79. The number of urea groups is 1. The van der Waals surface area contributed by atoms with Gasteiger partial charge in [-0.1, -0.05) is 53.4 Å². The second-order valence-electron chi connectivity index (χ2n) is 7.16. The van der Waals surface area contributed by atoms with Crippen LogP contribution >= 0.6 is 34.9 Å². The first-order valence-corrected chi connectivity index (χ1v) is 12.7. The molecule has 1 fully saturated rings. The van der Waals surface area contributed by atoms with E-state index in [4.69, 9.17) is 4.74 Å². The summed E-state index contributed by atoms with van der Waals surface area (Å²) in [4.78, 5) is 38.6. The van der Waals surface area contributed by atoms with Crippen molar-refractivity contribution < 1.29 is 24.2 Å². The van der Waals surface area contributed by atoms with Gasteiger partial charge in [-0.15, -0.1) is 22.0 Å². The fraction of sp³-hybridized carbons (Fsp3) is 0.350. The number of methoxy groups -OCH3 is 1. The first-order valence-electron chi connectivity index (χ1n) is 9.86. The molecule has 33 heavy (non-hydrogen) atoms. The molecule has 1 saturated heterocycles. The van der Waals surface area contributed by atoms with Gasteiger partial charge in [0.15, 0.2) is 10.6 Å². The molecular formula is C20H21N5O5S3. The number of thioether (sulfide) groups is 2. The summed E-state index contributed by atoms with van der Waals surface area (Å²) in [6.07, 6.45) is -0.682. The third-order valence-electron chi connectivity index (χ3n) is 5.01. The molecule has 0 aliphatic carbocycles. The van der Waals surface area contributed by atoms with E-state index in [2.05, 4.69) is 20.8 Å². The molecule has 0 bridgehead atoms. The van der Waals surface area contributed by atoms with Gasteiger partial charge in [-0.25, -0.2) is 9.59 Å². The van der Waals surface area contributed by atoms with Gasteiger partial charge in [0.25, 0.3) is 5.91 Å². The zero-order valence-electron chi connectivity index (χ0n) is 17.7. The molecule has 0 radical (unpaired) electrons. The van der Waals surface area contributed by atoms with Crippen LogP contribution in [0.5, 0.6) is 0 Å². The number of aryl methyl sites for hydroxylation is 1. The number of nitrogens with zero attached hydrogens (tertiary/aromatic N) is 3. The van der Waals surface area contributed by atoms with Gasteiger partial charge in [0.2, 0.25) is 0 Å². The lowest BCUT2D eigenvalue weighted by atomic mass is 10.0. The van der Waals surface area contributed by atoms with E-state index in [1.54, 1.807) is 0 Å². The molecule has 1 aromatic heterocycles. The molecule has 3 amide bonds. The van der Waals surface area contributed by atoms with E-state index >= 15 is 0 Å². The number of carbonyl (C=O) groups is 3. The average Bonchev–Trinajstić information content (AvgIpc) is 3.24. The second-order valence-corrected chi connectivity index (χ2v) is 10.7. The number of amides is 3. The largest absolute Gasteiger partial charge is 0.477 e. The number of aromatic nitrogens is 2. The number of fused-ring (bicyclic) bond motifs is 1. The average molecular weight is 508 g/mol. The number of rotatable bonds is 8. The van der Waals surface area contributed by atoms with Crippen LogP contribution < -0.4 is 10.6 Å². The zero-order valence-corrected chi connectivity index (χ0v) is 20.1. The first-order chi connectivity index (χ1) is 15.9. The molecule has 1 aromatic carbocycles. The third-order valence-corrected chi connectivity index (χ3v) is 8.41. The van der Waals surface area contributed by atoms with E-state index < -0.39 is 35.6 Å². The highest BCUT2D eigenvalue weighted by Crippen LogP contribution is 2.41. The van der Waals surface area contributed by atoms with Crippen LogP contribution in [-0.2, 0) is 14.3 Å². The predicted molar refractivity (Wildman–Crippen MR) is 125 cm³/mol. The van der Waals surface area contributed by atoms with Crippen molar-refractivity contribution >= 4 is 52.8 Å². The smallest absolute Gasteiger partial charge is 0.352 e. The monoisotopic (exact) mass is 507 g/mol. The Bertz CT molecular complexity index is 1090. The van der Waals surface area contributed by atoms with Crippen LogP contribution in [0.1, 0.15) is 16.8 Å². The molecule has 3 heterocycles. The van der Waals surface area contributed by atoms with Crippen LogP contribution in [0.2, 0.25) is 0 Å². The molecule has 4 rings (SSSR count). The normalized spacial score (nSPS) is 20.7. The minimum absolute atomic E-state index is 0.0185. The summed E-state index contributed by atoms with van der Waals surface area (Å²) >= 11 is 4.25. The maximum absolute atomic E-state index is 12.8. The standard InChI is InChI=1S/C20H21N5O5S3/c1-10-23-24-20(33-10)32-9-12-8-31-17-13(16(26)25(17)14(12)18(27)28)21-19(29)22-15(30-2)11-6-4-3-5-7-11/h3-7,13,15,17H,8-9H2,1-2H3,(H,27,28)(H2,21,22,29)/t13?,15?,17-/m1/s1. The summed E-state index contributed by atoms with van der Waals surface area (Å²) in [5.74, 6) is -0.789. The molecule has 2 aliphatic heterocycles. The maximum atomic E-state index is 12.8. The highest BCUT2D eigenvalue weighted by atomic mass is 32.2. The van der Waals surface area contributed by atoms with E-state index in [1.807, 2.05) is 37.3 Å². The number of carboxylic acids is 1. The van der Waals surface area contributed by atoms with Crippen LogP contribution in [-0.4, -0.2) is 68.1 Å². The Morgan fingerprint density at radius 2 is 2.09 bits per heavy atom. The Kier molecular flexibility index (Phi) is 7.22. The molecular weight excluding hydrogens is 486 g/mol. The summed E-state index contributed by atoms with van der Waals surface area (Å²) in [5, 5.41) is 23.5. The second kappa shape index (κ2) is 10.1. The number of carboxylic acid groups (broad SMARTS) is 1. The number of nitrogens with one attached hydrogen (secondary N) is 2. The van der Waals surface area contributed by atoms with Crippen LogP contribution in [0.15, 0.2) is 45.9 Å². The van der Waals surface area contributed by atoms with Crippen molar-refractivity contribution in [1.29, 1.82) is 0 Å². The molecule has 0 saturated carbocycles. The van der Waals surface area contributed by atoms with Crippen molar-refractivity contribution in [2.75, 3.05) is 18.6 Å². The van der Waals surface area contributed by atoms with Crippen molar-refractivity contribution in [2.24, 2.45) is 0 Å². The van der Waals surface area contributed by atoms with E-state index in [9.17, 15) is 19.5 Å². The van der Waals surface area contributed by atoms with Crippen molar-refractivity contribution in [2.45, 2.75) is 28.9 Å². The van der Waals surface area contributed by atoms with Gasteiger partial charge in [-0.05, 0) is 12.5 Å². The lowest BCUT2D eigenvalue weighted by Gasteiger charge is -2.49. The van der Waals surface area contributed by atoms with Crippen LogP contribution in [0.3, 0.4) is 0 Å². The number of hydrogen-bond acceptors (Lipinski definition) is 9. The summed E-state index contributed by atoms with van der Waals surface area (Å²) < 4.78 is 6.08. The molecule has 3 atom stereocenters. The van der Waals surface area contributed by atoms with Gasteiger partial charge in [0.05, 0.1) is 0 Å². The minimum Gasteiger partial charge on any atom is -0.477 e. The number of ether oxygens (including phenoxy) is 1. The molecule has 13 heteroatoms. The summed E-state index contributed by atoms with van der Waals surface area (Å²) in [5.41, 5.74) is 1.38. The molecule has 0 spiro atoms. The van der Waals surface area contributed by atoms with Gasteiger partial charge in [0.1, 0.15) is 22.1 Å². The topological polar surface area (TPSA) is 134 Å². The SMILES string of the molecule is COC(NC(=O)NC1C(=O)N2C(C(=O)O)=C(CSc3nnc(C)s3)CS[C@H]12)c1ccccc1. The third kappa shape index (κ3) is 5.00. The Balaban J connectivity index is 1.41. The van der Waals surface area contributed by atoms with Crippen molar-refractivity contribution in [3.63, 3.8) is 0 Å². The van der Waals surface area contributed by atoms with Crippen LogP contribution in [0.4, 0.5) is 4.79 Å². The quantitative estimate of drug-likeness (QED) is 0.279. The van der Waals surface area contributed by atoms with E-state index in [1.165, 1.54) is 46.9 Å². The molecule has 3 N–H and O–H groups in total. The van der Waals surface area contributed by atoms with Gasteiger partial charge in [-0.3, -0.25) is 9.69 Å². The molecule has 2 aliphatic rings. The van der Waals surface area contributed by atoms with E-state index in [0.717, 1.165) is 14.9 Å². The van der Waals surface area contributed by atoms with Crippen molar-refractivity contribution in [3.8, 4) is 0 Å². The highest BCUT2D eigenvalue weighted by molar-refractivity contribution is 8.01. The van der Waals surface area contributed by atoms with E-state index in [0.29, 0.717) is 17.1 Å². The maximum Gasteiger partial charge on any atom is 0.352 e. The lowest BCUT2D eigenvalue weighted by Crippen LogP contribution is -2.71. The Morgan fingerprint density at radius 3 is 2.73 bits per heavy atom. The Morgan fingerprint density at radius 1 is 1.33 bits per heavy atom. The summed E-state index contributed by atoms with van der Waals surface area (Å²) in [6, 6.07) is 7.75. The fourth-order valence-electron chi connectivity index (χ4n) is 3.49. The minimum atomic E-state index is -1.16. The van der Waals surface area contributed by atoms with Crippen LogP contribution in [0.25, 0.3) is 0 Å². The molecule has 174 valence electrons. The predicted octanol–water partition coefficient (Wildman–Crippen LogP) is 2.21. The summed E-state index contributed by atoms with van der Waals surface area (Å²) in [6.45, 7) is 1.85. The molecule has 2 aromatic rings. The van der Waals surface area contributed by atoms with Crippen molar-refractivity contribution in [3.05, 3.63) is 52.2 Å². The molecule has 10 nitrogen and oxygen atoms in total. The Labute approximate surface area is 202 Å². The van der Waals surface area contributed by atoms with Crippen molar-refractivity contribution in [1.82, 2.24) is 25.7 Å². The first kappa shape index (κ1) is 23.5. The number of β-lactam (4-membered cyclic amide) rings is 1. The lowest BCUT2D eigenvalue weighted by molar-refractivity contribution is -0.148. The highest BCUT2D eigenvalue weighted by Gasteiger charge is 2.54. The van der Waals surface area contributed by atoms with Gasteiger partial charge in [0, 0.05) is 24.2 Å². The van der Waals surface area contributed by atoms with Crippen LogP contribution in [0, 0.1) is 6.92 Å². The summed E-state index contributed by atoms with van der Waals surface area (Å²) in [7, 11) is 1.47. The number of benzene rings is 1. The number of aliphatic carboxylic acids is 1. The number of carbonyl (C=O) groups excluding carboxylic acids is 2. The van der Waals surface area contributed by atoms with Gasteiger partial charge in [-0.2, -0.15) is 0 Å². The number of hydrogen-bond donors (Lipinski definition) is 3. The Hall–Kier alpha value is -2.61. The zero-order chi connectivity index (χ0) is 23.5. The van der Waals surface area contributed by atoms with E-state index in [-0.39, 0.29) is 5.70 Å². The van der Waals surface area contributed by atoms with Gasteiger partial charge >= 0.3 is 12.0 Å². The van der Waals surface area contributed by atoms with Gasteiger partial charge < -0.3 is 20.5 Å². The molecule has 2 unspecified atom stereocenters.